The number of nitrogens with one attached hydrogen (secondary N) is 2. The zero-order chi connectivity index (χ0) is 15.1. The van der Waals surface area contributed by atoms with Gasteiger partial charge in [-0.2, -0.15) is 0 Å². The number of carbonyl (C=O) groups is 1. The number of amides is 2. The van der Waals surface area contributed by atoms with Gasteiger partial charge in [-0.15, -0.1) is 0 Å². The van der Waals surface area contributed by atoms with Gasteiger partial charge in [0.1, 0.15) is 0 Å². The molecule has 1 heterocycles. The van der Waals surface area contributed by atoms with Gasteiger partial charge in [0.15, 0.2) is 9.84 Å². The van der Waals surface area contributed by atoms with E-state index in [1.165, 1.54) is 5.56 Å². The third kappa shape index (κ3) is 5.75. The molecule has 0 aromatic heterocycles. The first kappa shape index (κ1) is 15.8. The highest BCUT2D eigenvalue weighted by Crippen LogP contribution is 2.17. The molecule has 0 spiro atoms. The maximum Gasteiger partial charge on any atom is 0.314 e. The Labute approximate surface area is 126 Å². The Kier molecular flexibility index (Phi) is 5.61. The van der Waals surface area contributed by atoms with Crippen LogP contribution in [0.4, 0.5) is 4.79 Å². The van der Waals surface area contributed by atoms with Crippen molar-refractivity contribution in [3.63, 3.8) is 0 Å². The first-order valence-corrected chi connectivity index (χ1v) is 9.13. The van der Waals surface area contributed by atoms with Crippen molar-refractivity contribution in [1.82, 2.24) is 10.6 Å². The molecule has 1 saturated heterocycles. The van der Waals surface area contributed by atoms with Crippen LogP contribution >= 0.6 is 0 Å². The first-order valence-electron chi connectivity index (χ1n) is 7.31. The predicted molar refractivity (Wildman–Crippen MR) is 82.9 cm³/mol. The average molecular weight is 310 g/mol. The maximum atomic E-state index is 11.6. The fraction of sp³-hybridized carbons (Fsp3) is 0.533. The van der Waals surface area contributed by atoms with Gasteiger partial charge in [-0.05, 0) is 30.7 Å². The number of hydrogen-bond acceptors (Lipinski definition) is 3. The van der Waals surface area contributed by atoms with Crippen LogP contribution in [0.25, 0.3) is 0 Å². The molecular weight excluding hydrogens is 288 g/mol. The summed E-state index contributed by atoms with van der Waals surface area (Å²) in [5.41, 5.74) is 1.26. The van der Waals surface area contributed by atoms with Gasteiger partial charge < -0.3 is 10.6 Å². The Morgan fingerprint density at radius 2 is 1.95 bits per heavy atom. The van der Waals surface area contributed by atoms with Crippen molar-refractivity contribution >= 4 is 15.9 Å². The monoisotopic (exact) mass is 310 g/mol. The largest absolute Gasteiger partial charge is 0.338 e. The quantitative estimate of drug-likeness (QED) is 0.779. The molecule has 1 atom stereocenters. The summed E-state index contributed by atoms with van der Waals surface area (Å²) in [5.74, 6) is 0.504. The van der Waals surface area contributed by atoms with Crippen LogP contribution < -0.4 is 10.6 Å². The van der Waals surface area contributed by atoms with Crippen molar-refractivity contribution in [3.8, 4) is 0 Å². The lowest BCUT2D eigenvalue weighted by molar-refractivity contribution is 0.239. The summed E-state index contributed by atoms with van der Waals surface area (Å²) in [5, 5.41) is 5.54. The minimum absolute atomic E-state index is 0.0602. The molecule has 1 aromatic rings. The molecule has 0 aliphatic carbocycles. The van der Waals surface area contributed by atoms with Crippen LogP contribution in [0.3, 0.4) is 0 Å². The summed E-state index contributed by atoms with van der Waals surface area (Å²) < 4.78 is 22.6. The van der Waals surface area contributed by atoms with Gasteiger partial charge in [-0.1, -0.05) is 30.3 Å². The van der Waals surface area contributed by atoms with Crippen LogP contribution in [-0.4, -0.2) is 39.0 Å². The van der Waals surface area contributed by atoms with E-state index >= 15 is 0 Å². The normalized spacial score (nSPS) is 20.1. The molecule has 1 unspecified atom stereocenters. The van der Waals surface area contributed by atoms with Gasteiger partial charge in [0.2, 0.25) is 0 Å². The van der Waals surface area contributed by atoms with E-state index in [0.29, 0.717) is 19.5 Å². The molecule has 0 saturated carbocycles. The van der Waals surface area contributed by atoms with Gasteiger partial charge in [0.25, 0.3) is 0 Å². The van der Waals surface area contributed by atoms with Gasteiger partial charge in [0, 0.05) is 13.1 Å². The molecule has 21 heavy (non-hydrogen) atoms. The molecule has 6 heteroatoms. The number of rotatable bonds is 6. The van der Waals surface area contributed by atoms with Crippen LogP contribution in [-0.2, 0) is 16.3 Å². The lowest BCUT2D eigenvalue weighted by Gasteiger charge is -2.10. The molecule has 2 rings (SSSR count). The van der Waals surface area contributed by atoms with Crippen molar-refractivity contribution < 1.29 is 13.2 Å². The van der Waals surface area contributed by atoms with Crippen molar-refractivity contribution in [1.29, 1.82) is 0 Å². The molecule has 1 aliphatic rings. The fourth-order valence-electron chi connectivity index (χ4n) is 2.47. The zero-order valence-electron chi connectivity index (χ0n) is 12.0. The summed E-state index contributed by atoms with van der Waals surface area (Å²) in [6.07, 6.45) is 2.47. The number of aryl methyl sites for hydroxylation is 1. The highest BCUT2D eigenvalue weighted by molar-refractivity contribution is 7.91. The summed E-state index contributed by atoms with van der Waals surface area (Å²) in [4.78, 5) is 11.6. The zero-order valence-corrected chi connectivity index (χ0v) is 12.9. The number of benzene rings is 1. The minimum Gasteiger partial charge on any atom is -0.338 e. The molecule has 2 amide bonds. The second-order valence-electron chi connectivity index (χ2n) is 5.50. The molecular formula is C15H22N2O3S. The maximum absolute atomic E-state index is 11.6. The van der Waals surface area contributed by atoms with E-state index in [-0.39, 0.29) is 23.5 Å². The first-order chi connectivity index (χ1) is 10.1. The molecule has 1 aromatic carbocycles. The molecule has 2 N–H and O–H groups in total. The summed E-state index contributed by atoms with van der Waals surface area (Å²) in [7, 11) is -2.87. The minimum atomic E-state index is -2.87. The fourth-order valence-corrected chi connectivity index (χ4v) is 4.33. The van der Waals surface area contributed by atoms with Crippen LogP contribution in [0.2, 0.25) is 0 Å². The summed E-state index contributed by atoms with van der Waals surface area (Å²) in [6.45, 7) is 1.05. The standard InChI is InChI=1S/C15H22N2O3S/c18-15(17-11-14-8-10-21(19,20)12-14)16-9-4-7-13-5-2-1-3-6-13/h1-3,5-6,14H,4,7-12H2,(H2,16,17,18). The SMILES string of the molecule is O=C(NCCCc1ccccc1)NCC1CCS(=O)(=O)C1. The Morgan fingerprint density at radius 1 is 1.19 bits per heavy atom. The topological polar surface area (TPSA) is 75.3 Å². The van der Waals surface area contributed by atoms with Gasteiger partial charge in [-0.3, -0.25) is 0 Å². The van der Waals surface area contributed by atoms with Crippen LogP contribution in [0, 0.1) is 5.92 Å². The smallest absolute Gasteiger partial charge is 0.314 e. The van der Waals surface area contributed by atoms with Crippen LogP contribution in [0.5, 0.6) is 0 Å². The van der Waals surface area contributed by atoms with E-state index in [9.17, 15) is 13.2 Å². The lowest BCUT2D eigenvalue weighted by atomic mass is 10.1. The molecule has 1 fully saturated rings. The van der Waals surface area contributed by atoms with Crippen LogP contribution in [0.15, 0.2) is 30.3 Å². The number of hydrogen-bond donors (Lipinski definition) is 2. The molecule has 1 aliphatic heterocycles. The summed E-state index contributed by atoms with van der Waals surface area (Å²) in [6, 6.07) is 9.92. The number of sulfone groups is 1. The summed E-state index contributed by atoms with van der Waals surface area (Å²) >= 11 is 0. The Hall–Kier alpha value is -1.56. The second-order valence-corrected chi connectivity index (χ2v) is 7.72. The average Bonchev–Trinajstić information content (AvgIpc) is 2.82. The Balaban J connectivity index is 1.56. The van der Waals surface area contributed by atoms with Crippen molar-refractivity contribution in [2.75, 3.05) is 24.6 Å². The van der Waals surface area contributed by atoms with E-state index in [1.807, 2.05) is 18.2 Å². The number of urea groups is 1. The van der Waals surface area contributed by atoms with Crippen molar-refractivity contribution in [2.24, 2.45) is 5.92 Å². The Morgan fingerprint density at radius 3 is 2.62 bits per heavy atom. The second kappa shape index (κ2) is 7.45. The van der Waals surface area contributed by atoms with Crippen molar-refractivity contribution in [3.05, 3.63) is 35.9 Å². The van der Waals surface area contributed by atoms with Gasteiger partial charge in [-0.25, -0.2) is 13.2 Å². The van der Waals surface area contributed by atoms with E-state index < -0.39 is 9.84 Å². The molecule has 0 radical (unpaired) electrons. The molecule has 5 nitrogen and oxygen atoms in total. The van der Waals surface area contributed by atoms with E-state index in [1.54, 1.807) is 0 Å². The molecule has 116 valence electrons. The van der Waals surface area contributed by atoms with Gasteiger partial charge in [0.05, 0.1) is 11.5 Å². The van der Waals surface area contributed by atoms with Crippen molar-refractivity contribution in [2.45, 2.75) is 19.3 Å². The molecule has 0 bridgehead atoms. The number of carbonyl (C=O) groups excluding carboxylic acids is 1. The lowest BCUT2D eigenvalue weighted by Crippen LogP contribution is -2.39. The van der Waals surface area contributed by atoms with Gasteiger partial charge >= 0.3 is 6.03 Å². The Bertz CT molecular complexity index is 558. The highest BCUT2D eigenvalue weighted by Gasteiger charge is 2.27. The third-order valence-electron chi connectivity index (χ3n) is 3.65. The predicted octanol–water partition coefficient (Wildman–Crippen LogP) is 1.35. The van der Waals surface area contributed by atoms with E-state index in [0.717, 1.165) is 12.8 Å². The third-order valence-corrected chi connectivity index (χ3v) is 5.49. The van der Waals surface area contributed by atoms with E-state index in [2.05, 4.69) is 22.8 Å². The van der Waals surface area contributed by atoms with E-state index in [4.69, 9.17) is 0 Å². The highest BCUT2D eigenvalue weighted by atomic mass is 32.2. The van der Waals surface area contributed by atoms with Crippen LogP contribution in [0.1, 0.15) is 18.4 Å².